The average molecular weight is 359 g/mol. The van der Waals surface area contributed by atoms with E-state index < -0.39 is 0 Å². The van der Waals surface area contributed by atoms with E-state index in [-0.39, 0.29) is 5.91 Å². The zero-order valence-corrected chi connectivity index (χ0v) is 15.2. The summed E-state index contributed by atoms with van der Waals surface area (Å²) in [6, 6.07) is 4.41. The van der Waals surface area contributed by atoms with Crippen LogP contribution in [0.4, 0.5) is 0 Å². The molecule has 1 saturated heterocycles. The average Bonchev–Trinajstić information content (AvgIpc) is 3.31. The van der Waals surface area contributed by atoms with Crippen molar-refractivity contribution in [2.75, 3.05) is 32.7 Å². The van der Waals surface area contributed by atoms with E-state index in [2.05, 4.69) is 32.1 Å². The largest absolute Gasteiger partial charge is 0.349 e. The number of nitrogens with one attached hydrogen (secondary N) is 2. The van der Waals surface area contributed by atoms with Gasteiger partial charge in [0.15, 0.2) is 0 Å². The number of amides is 1. The van der Waals surface area contributed by atoms with Crippen LogP contribution in [0.2, 0.25) is 0 Å². The molecule has 1 atom stereocenters. The Morgan fingerprint density at radius 3 is 3.28 bits per heavy atom. The van der Waals surface area contributed by atoms with Crippen LogP contribution in [0.3, 0.4) is 0 Å². The molecule has 4 heterocycles. The molecule has 1 amide bonds. The van der Waals surface area contributed by atoms with Gasteiger partial charge in [0.05, 0.1) is 6.04 Å². The van der Waals surface area contributed by atoms with Gasteiger partial charge in [0.2, 0.25) is 0 Å². The quantitative estimate of drug-likeness (QED) is 0.852. The smallest absolute Gasteiger partial charge is 0.271 e. The van der Waals surface area contributed by atoms with Crippen LogP contribution in [0.5, 0.6) is 0 Å². The van der Waals surface area contributed by atoms with Crippen LogP contribution in [-0.4, -0.2) is 53.3 Å². The van der Waals surface area contributed by atoms with Crippen LogP contribution >= 0.6 is 11.3 Å². The highest BCUT2D eigenvalue weighted by Gasteiger charge is 2.19. The molecular weight excluding hydrogens is 334 g/mol. The first kappa shape index (κ1) is 16.8. The lowest BCUT2D eigenvalue weighted by atomic mass is 10.1. The third-order valence-electron chi connectivity index (χ3n) is 5.09. The Balaban J connectivity index is 1.25. The fourth-order valence-corrected chi connectivity index (χ4v) is 4.53. The number of carbonyl (C=O) groups excluding carboxylic acids is 1. The summed E-state index contributed by atoms with van der Waals surface area (Å²) < 4.78 is 1.93. The monoisotopic (exact) mass is 359 g/mol. The van der Waals surface area contributed by atoms with E-state index in [1.807, 2.05) is 28.3 Å². The van der Waals surface area contributed by atoms with Gasteiger partial charge in [0, 0.05) is 43.8 Å². The molecule has 0 bridgehead atoms. The highest BCUT2D eigenvalue weighted by Crippen LogP contribution is 2.23. The molecule has 7 heteroatoms. The van der Waals surface area contributed by atoms with E-state index in [0.717, 1.165) is 52.0 Å². The summed E-state index contributed by atoms with van der Waals surface area (Å²) in [4.78, 5) is 16.2. The van der Waals surface area contributed by atoms with Crippen molar-refractivity contribution >= 4 is 17.2 Å². The van der Waals surface area contributed by atoms with E-state index in [4.69, 9.17) is 0 Å². The Bertz CT molecular complexity index is 719. The lowest BCUT2D eigenvalue weighted by Crippen LogP contribution is -2.37. The second kappa shape index (κ2) is 7.68. The fraction of sp³-hybridized carbons (Fsp3) is 0.556. The molecule has 134 valence electrons. The molecule has 2 aliphatic rings. The zero-order valence-electron chi connectivity index (χ0n) is 14.4. The number of thiophene rings is 1. The molecule has 2 N–H and O–H groups in total. The van der Waals surface area contributed by atoms with Crippen LogP contribution in [0.1, 0.15) is 39.8 Å². The van der Waals surface area contributed by atoms with E-state index >= 15 is 0 Å². The van der Waals surface area contributed by atoms with Gasteiger partial charge in [-0.05, 0) is 48.9 Å². The molecule has 0 aromatic carbocycles. The molecular formula is C18H25N5OS. The van der Waals surface area contributed by atoms with Crippen molar-refractivity contribution in [2.45, 2.75) is 31.8 Å². The van der Waals surface area contributed by atoms with Gasteiger partial charge in [-0.3, -0.25) is 14.4 Å². The van der Waals surface area contributed by atoms with Gasteiger partial charge < -0.3 is 10.6 Å². The van der Waals surface area contributed by atoms with Crippen molar-refractivity contribution in [1.29, 1.82) is 0 Å². The first-order valence-electron chi connectivity index (χ1n) is 9.11. The summed E-state index contributed by atoms with van der Waals surface area (Å²) in [5.41, 5.74) is 1.96. The first-order valence-corrected chi connectivity index (χ1v) is 9.99. The minimum atomic E-state index is -0.0734. The van der Waals surface area contributed by atoms with E-state index in [1.54, 1.807) is 0 Å². The topological polar surface area (TPSA) is 62.2 Å². The second-order valence-electron chi connectivity index (χ2n) is 6.83. The lowest BCUT2D eigenvalue weighted by Gasteiger charge is -2.26. The molecule has 2 aromatic heterocycles. The predicted octanol–water partition coefficient (Wildman–Crippen LogP) is 1.66. The van der Waals surface area contributed by atoms with Gasteiger partial charge in [0.1, 0.15) is 5.69 Å². The van der Waals surface area contributed by atoms with Gasteiger partial charge in [-0.25, -0.2) is 0 Å². The number of piperidine rings is 1. The zero-order chi connectivity index (χ0) is 17.1. The number of rotatable bonds is 5. The van der Waals surface area contributed by atoms with E-state index in [9.17, 15) is 4.79 Å². The van der Waals surface area contributed by atoms with Gasteiger partial charge in [-0.15, -0.1) is 11.3 Å². The normalized spacial score (nSPS) is 21.0. The minimum absolute atomic E-state index is 0.0734. The minimum Gasteiger partial charge on any atom is -0.349 e. The number of hydrogen-bond donors (Lipinski definition) is 2. The Morgan fingerprint density at radius 1 is 1.44 bits per heavy atom. The molecule has 0 radical (unpaired) electrons. The third kappa shape index (κ3) is 3.94. The maximum atomic E-state index is 12.3. The van der Waals surface area contributed by atoms with Crippen molar-refractivity contribution in [3.8, 4) is 0 Å². The van der Waals surface area contributed by atoms with Crippen molar-refractivity contribution in [3.63, 3.8) is 0 Å². The van der Waals surface area contributed by atoms with Crippen LogP contribution in [0.15, 0.2) is 23.7 Å². The number of carbonyl (C=O) groups is 1. The molecule has 1 fully saturated rings. The molecule has 4 rings (SSSR count). The molecule has 2 aromatic rings. The molecule has 1 unspecified atom stereocenters. The van der Waals surface area contributed by atoms with Crippen LogP contribution in [0.25, 0.3) is 0 Å². The fourth-order valence-electron chi connectivity index (χ4n) is 3.64. The molecule has 0 spiro atoms. The van der Waals surface area contributed by atoms with Crippen LogP contribution in [-0.2, 0) is 13.0 Å². The van der Waals surface area contributed by atoms with Gasteiger partial charge in [-0.1, -0.05) is 0 Å². The number of hydrogen-bond acceptors (Lipinski definition) is 5. The van der Waals surface area contributed by atoms with E-state index in [0.29, 0.717) is 18.3 Å². The predicted molar refractivity (Wildman–Crippen MR) is 99.0 cm³/mol. The highest BCUT2D eigenvalue weighted by molar-refractivity contribution is 7.10. The molecule has 0 saturated carbocycles. The van der Waals surface area contributed by atoms with Gasteiger partial charge in [0.25, 0.3) is 5.91 Å². The lowest BCUT2D eigenvalue weighted by molar-refractivity contribution is 0.0941. The summed E-state index contributed by atoms with van der Waals surface area (Å²) in [6.45, 7) is 5.63. The maximum Gasteiger partial charge on any atom is 0.271 e. The Morgan fingerprint density at radius 2 is 2.40 bits per heavy atom. The van der Waals surface area contributed by atoms with Gasteiger partial charge in [-0.2, -0.15) is 5.10 Å². The van der Waals surface area contributed by atoms with Crippen molar-refractivity contribution in [3.05, 3.63) is 39.8 Å². The number of aromatic nitrogens is 2. The Labute approximate surface area is 152 Å². The summed E-state index contributed by atoms with van der Waals surface area (Å²) in [5.74, 6) is -0.0734. The Kier molecular flexibility index (Phi) is 5.14. The standard InChI is InChI=1S/C18H25N5OS/c24-18(16-3-9-23(21-16)15-2-1-6-19-12-15)20-7-10-22-8-4-17-14(13-22)5-11-25-17/h3,5,9,11,15,19H,1-2,4,6-8,10,12-13H2,(H,20,24). The SMILES string of the molecule is O=C(NCCN1CCc2sccc2C1)c1ccn(C2CCCNC2)n1. The summed E-state index contributed by atoms with van der Waals surface area (Å²) >= 11 is 1.86. The summed E-state index contributed by atoms with van der Waals surface area (Å²) in [5, 5.41) is 13.0. The summed E-state index contributed by atoms with van der Waals surface area (Å²) in [6.07, 6.45) is 5.33. The second-order valence-corrected chi connectivity index (χ2v) is 7.83. The maximum absolute atomic E-state index is 12.3. The van der Waals surface area contributed by atoms with Crippen molar-refractivity contribution in [2.24, 2.45) is 0 Å². The Hall–Kier alpha value is -1.70. The van der Waals surface area contributed by atoms with E-state index in [1.165, 1.54) is 10.4 Å². The number of nitrogens with zero attached hydrogens (tertiary/aromatic N) is 3. The molecule has 0 aliphatic carbocycles. The highest BCUT2D eigenvalue weighted by atomic mass is 32.1. The van der Waals surface area contributed by atoms with Crippen molar-refractivity contribution in [1.82, 2.24) is 25.3 Å². The molecule has 2 aliphatic heterocycles. The van der Waals surface area contributed by atoms with Crippen LogP contribution < -0.4 is 10.6 Å². The van der Waals surface area contributed by atoms with Crippen molar-refractivity contribution < 1.29 is 4.79 Å². The van der Waals surface area contributed by atoms with Gasteiger partial charge >= 0.3 is 0 Å². The first-order chi connectivity index (χ1) is 12.3. The molecule has 6 nitrogen and oxygen atoms in total. The summed E-state index contributed by atoms with van der Waals surface area (Å²) in [7, 11) is 0. The third-order valence-corrected chi connectivity index (χ3v) is 6.11. The van der Waals surface area contributed by atoms with Crippen LogP contribution in [0, 0.1) is 0 Å². The molecule has 25 heavy (non-hydrogen) atoms. The number of fused-ring (bicyclic) bond motifs is 1.